The van der Waals surface area contributed by atoms with Crippen molar-refractivity contribution in [1.29, 1.82) is 0 Å². The van der Waals surface area contributed by atoms with Crippen molar-refractivity contribution in [3.8, 4) is 0 Å². The van der Waals surface area contributed by atoms with Gasteiger partial charge in [-0.05, 0) is 44.2 Å². The van der Waals surface area contributed by atoms with Gasteiger partial charge in [-0.15, -0.1) is 0 Å². The third kappa shape index (κ3) is 3.02. The Kier molecular flexibility index (Phi) is 4.22. The van der Waals surface area contributed by atoms with Gasteiger partial charge < -0.3 is 16.0 Å². The lowest BCUT2D eigenvalue weighted by atomic mass is 9.76. The first-order valence-corrected chi connectivity index (χ1v) is 6.93. The predicted octanol–water partition coefficient (Wildman–Crippen LogP) is 0.161. The molecule has 2 fully saturated rings. The second-order valence-corrected chi connectivity index (χ2v) is 5.48. The molecule has 2 aliphatic rings. The second kappa shape index (κ2) is 5.69. The van der Waals surface area contributed by atoms with Crippen LogP contribution in [0.5, 0.6) is 0 Å². The Hall–Kier alpha value is -1.10. The average molecular weight is 253 g/mol. The van der Waals surface area contributed by atoms with Gasteiger partial charge in [-0.1, -0.05) is 6.92 Å². The molecular weight excluding hydrogens is 230 g/mol. The fraction of sp³-hybridized carbons (Fsp3) is 0.846. The predicted molar refractivity (Wildman–Crippen MR) is 69.0 cm³/mol. The molecule has 102 valence electrons. The molecule has 0 aliphatic carbocycles. The van der Waals surface area contributed by atoms with Gasteiger partial charge >= 0.3 is 0 Å². The smallest absolute Gasteiger partial charge is 0.242 e. The van der Waals surface area contributed by atoms with Crippen molar-refractivity contribution in [2.24, 2.45) is 5.41 Å². The maximum Gasteiger partial charge on any atom is 0.242 e. The molecule has 18 heavy (non-hydrogen) atoms. The van der Waals surface area contributed by atoms with Gasteiger partial charge in [0.25, 0.3) is 0 Å². The molecule has 0 spiro atoms. The SMILES string of the molecule is CCC1(CNC(=O)C2CCC(=O)N2)CCNCC1. The van der Waals surface area contributed by atoms with Crippen molar-refractivity contribution in [3.63, 3.8) is 0 Å². The van der Waals surface area contributed by atoms with Crippen LogP contribution in [0.3, 0.4) is 0 Å². The molecule has 0 saturated carbocycles. The Bertz CT molecular complexity index is 324. The zero-order chi connectivity index (χ0) is 13.0. The highest BCUT2D eigenvalue weighted by atomic mass is 16.2. The van der Waals surface area contributed by atoms with Crippen LogP contribution in [-0.2, 0) is 9.59 Å². The van der Waals surface area contributed by atoms with E-state index in [1.165, 1.54) is 0 Å². The first-order valence-electron chi connectivity index (χ1n) is 6.93. The van der Waals surface area contributed by atoms with E-state index in [0.29, 0.717) is 12.8 Å². The Morgan fingerprint density at radius 3 is 2.72 bits per heavy atom. The van der Waals surface area contributed by atoms with Crippen LogP contribution in [0.2, 0.25) is 0 Å². The number of amides is 2. The molecule has 1 atom stereocenters. The van der Waals surface area contributed by atoms with E-state index in [1.807, 2.05) is 0 Å². The summed E-state index contributed by atoms with van der Waals surface area (Å²) in [6.45, 7) is 4.99. The summed E-state index contributed by atoms with van der Waals surface area (Å²) in [7, 11) is 0. The summed E-state index contributed by atoms with van der Waals surface area (Å²) in [5.41, 5.74) is 0.240. The molecular formula is C13H23N3O2. The number of carbonyl (C=O) groups is 2. The summed E-state index contributed by atoms with van der Waals surface area (Å²) < 4.78 is 0. The van der Waals surface area contributed by atoms with E-state index in [2.05, 4.69) is 22.9 Å². The molecule has 2 heterocycles. The number of piperidine rings is 1. The Morgan fingerprint density at radius 1 is 1.44 bits per heavy atom. The zero-order valence-corrected chi connectivity index (χ0v) is 11.1. The van der Waals surface area contributed by atoms with E-state index in [9.17, 15) is 9.59 Å². The molecule has 2 amide bonds. The maximum atomic E-state index is 12.0. The van der Waals surface area contributed by atoms with Crippen LogP contribution in [0.25, 0.3) is 0 Å². The number of hydrogen-bond donors (Lipinski definition) is 3. The van der Waals surface area contributed by atoms with Crippen LogP contribution < -0.4 is 16.0 Å². The summed E-state index contributed by atoms with van der Waals surface area (Å²) in [4.78, 5) is 23.0. The minimum atomic E-state index is -0.312. The van der Waals surface area contributed by atoms with Crippen LogP contribution in [-0.4, -0.2) is 37.5 Å². The van der Waals surface area contributed by atoms with Crippen LogP contribution in [0.15, 0.2) is 0 Å². The minimum Gasteiger partial charge on any atom is -0.354 e. The Morgan fingerprint density at radius 2 is 2.17 bits per heavy atom. The normalized spacial score (nSPS) is 26.7. The van der Waals surface area contributed by atoms with Crippen LogP contribution in [0.4, 0.5) is 0 Å². The van der Waals surface area contributed by atoms with E-state index in [0.717, 1.165) is 38.9 Å². The summed E-state index contributed by atoms with van der Waals surface area (Å²) in [5, 5.41) is 9.09. The van der Waals surface area contributed by atoms with E-state index in [-0.39, 0.29) is 23.3 Å². The molecule has 0 bridgehead atoms. The largest absolute Gasteiger partial charge is 0.354 e. The lowest BCUT2D eigenvalue weighted by Gasteiger charge is -2.37. The number of rotatable bonds is 4. The summed E-state index contributed by atoms with van der Waals surface area (Å²) in [6, 6.07) is -0.312. The van der Waals surface area contributed by atoms with Crippen LogP contribution >= 0.6 is 0 Å². The van der Waals surface area contributed by atoms with Crippen LogP contribution in [0.1, 0.15) is 39.0 Å². The quantitative estimate of drug-likeness (QED) is 0.668. The molecule has 0 aromatic rings. The Balaban J connectivity index is 1.82. The average Bonchev–Trinajstić information content (AvgIpc) is 2.84. The van der Waals surface area contributed by atoms with Crippen molar-refractivity contribution in [1.82, 2.24) is 16.0 Å². The molecule has 1 unspecified atom stereocenters. The van der Waals surface area contributed by atoms with Gasteiger partial charge in [0, 0.05) is 13.0 Å². The lowest BCUT2D eigenvalue weighted by Crippen LogP contribution is -2.48. The fourth-order valence-corrected chi connectivity index (χ4v) is 2.82. The van der Waals surface area contributed by atoms with Gasteiger partial charge in [0.2, 0.25) is 11.8 Å². The molecule has 2 aliphatic heterocycles. The van der Waals surface area contributed by atoms with E-state index in [1.54, 1.807) is 0 Å². The van der Waals surface area contributed by atoms with Crippen molar-refractivity contribution in [2.75, 3.05) is 19.6 Å². The molecule has 2 rings (SSSR count). The highest BCUT2D eigenvalue weighted by Crippen LogP contribution is 2.31. The fourth-order valence-electron chi connectivity index (χ4n) is 2.82. The van der Waals surface area contributed by atoms with Gasteiger partial charge in [0.1, 0.15) is 6.04 Å². The minimum absolute atomic E-state index is 0.0118. The molecule has 0 aromatic heterocycles. The van der Waals surface area contributed by atoms with Crippen molar-refractivity contribution in [3.05, 3.63) is 0 Å². The number of nitrogens with one attached hydrogen (secondary N) is 3. The summed E-state index contributed by atoms with van der Waals surface area (Å²) in [6.07, 6.45) is 4.42. The van der Waals surface area contributed by atoms with E-state index >= 15 is 0 Å². The molecule has 2 saturated heterocycles. The summed E-state index contributed by atoms with van der Waals surface area (Å²) >= 11 is 0. The first-order chi connectivity index (χ1) is 8.65. The molecule has 0 aromatic carbocycles. The monoisotopic (exact) mass is 253 g/mol. The summed E-state index contributed by atoms with van der Waals surface area (Å²) in [5.74, 6) is -0.0329. The Labute approximate surface area is 108 Å². The zero-order valence-electron chi connectivity index (χ0n) is 11.1. The highest BCUT2D eigenvalue weighted by Gasteiger charge is 2.32. The topological polar surface area (TPSA) is 70.2 Å². The third-order valence-electron chi connectivity index (χ3n) is 4.36. The van der Waals surface area contributed by atoms with Crippen molar-refractivity contribution in [2.45, 2.75) is 45.1 Å². The van der Waals surface area contributed by atoms with Crippen molar-refractivity contribution >= 4 is 11.8 Å². The van der Waals surface area contributed by atoms with Gasteiger partial charge in [-0.2, -0.15) is 0 Å². The molecule has 5 nitrogen and oxygen atoms in total. The number of hydrogen-bond acceptors (Lipinski definition) is 3. The number of carbonyl (C=O) groups excluding carboxylic acids is 2. The van der Waals surface area contributed by atoms with Crippen LogP contribution in [0, 0.1) is 5.41 Å². The van der Waals surface area contributed by atoms with Gasteiger partial charge in [0.15, 0.2) is 0 Å². The molecule has 3 N–H and O–H groups in total. The maximum absolute atomic E-state index is 12.0. The van der Waals surface area contributed by atoms with Gasteiger partial charge in [-0.25, -0.2) is 0 Å². The van der Waals surface area contributed by atoms with Crippen molar-refractivity contribution < 1.29 is 9.59 Å². The molecule has 5 heteroatoms. The van der Waals surface area contributed by atoms with E-state index in [4.69, 9.17) is 0 Å². The highest BCUT2D eigenvalue weighted by molar-refractivity contribution is 5.90. The van der Waals surface area contributed by atoms with E-state index < -0.39 is 0 Å². The van der Waals surface area contributed by atoms with Gasteiger partial charge in [0.05, 0.1) is 0 Å². The lowest BCUT2D eigenvalue weighted by molar-refractivity contribution is -0.126. The van der Waals surface area contributed by atoms with Gasteiger partial charge in [-0.3, -0.25) is 9.59 Å². The first kappa shape index (κ1) is 13.3. The standard InChI is InChI=1S/C13H23N3O2/c1-2-13(5-7-14-8-6-13)9-15-12(18)10-3-4-11(17)16-10/h10,14H,2-9H2,1H3,(H,15,18)(H,16,17). The second-order valence-electron chi connectivity index (χ2n) is 5.48. The molecule has 0 radical (unpaired) electrons. The third-order valence-corrected chi connectivity index (χ3v) is 4.36.